The van der Waals surface area contributed by atoms with Gasteiger partial charge in [0.15, 0.2) is 6.29 Å². The van der Waals surface area contributed by atoms with Gasteiger partial charge < -0.3 is 4.74 Å². The molecule has 0 aromatic heterocycles. The first-order valence-corrected chi connectivity index (χ1v) is 3.53. The van der Waals surface area contributed by atoms with Crippen molar-refractivity contribution >= 4 is 15.9 Å². The van der Waals surface area contributed by atoms with Crippen LogP contribution in [0, 0.1) is 0 Å². The van der Waals surface area contributed by atoms with Gasteiger partial charge in [-0.2, -0.15) is 0 Å². The third-order valence-electron chi connectivity index (χ3n) is 0.673. The smallest absolute Gasteiger partial charge is 0.192 e. The van der Waals surface area contributed by atoms with Crippen molar-refractivity contribution in [2.45, 2.75) is 31.6 Å². The normalized spacial score (nSPS) is 18.0. The van der Waals surface area contributed by atoms with Crippen LogP contribution in [0.1, 0.15) is 20.3 Å². The van der Waals surface area contributed by atoms with Gasteiger partial charge in [-0.3, -0.25) is 0 Å². The van der Waals surface area contributed by atoms with E-state index in [-0.39, 0.29) is 5.01 Å². The lowest BCUT2D eigenvalue weighted by molar-refractivity contribution is -0.144. The molecule has 49 valence electrons. The second-order valence-corrected chi connectivity index (χ2v) is 2.81. The number of ether oxygens (including phenoxy) is 1. The summed E-state index contributed by atoms with van der Waals surface area (Å²) in [4.78, 5) is 0. The van der Waals surface area contributed by atoms with Crippen LogP contribution in [-0.2, 0) is 9.84 Å². The summed E-state index contributed by atoms with van der Waals surface area (Å²) in [5.41, 5.74) is 0. The summed E-state index contributed by atoms with van der Waals surface area (Å²) in [6.07, 6.45) is -0.347. The van der Waals surface area contributed by atoms with Gasteiger partial charge in [-0.1, -0.05) is 22.9 Å². The highest BCUT2D eigenvalue weighted by Crippen LogP contribution is 2.04. The van der Waals surface area contributed by atoms with Gasteiger partial charge in [0.2, 0.25) is 0 Å². The summed E-state index contributed by atoms with van der Waals surface area (Å²) in [5.74, 6) is 0. The molecule has 0 aromatic rings. The van der Waals surface area contributed by atoms with E-state index in [1.54, 1.807) is 13.8 Å². The van der Waals surface area contributed by atoms with Crippen molar-refractivity contribution in [2.75, 3.05) is 0 Å². The van der Waals surface area contributed by atoms with E-state index in [4.69, 9.17) is 4.74 Å². The Kier molecular flexibility index (Phi) is 4.51. The Bertz CT molecular complexity index is 56.4. The Morgan fingerprint density at radius 3 is 2.38 bits per heavy atom. The summed E-state index contributed by atoms with van der Waals surface area (Å²) in [5, 5.41) is 10.3. The summed E-state index contributed by atoms with van der Waals surface area (Å²) in [6.45, 7) is 3.58. The second-order valence-electron chi connectivity index (χ2n) is 1.52. The molecule has 0 bridgehead atoms. The average Bonchev–Trinajstić information content (AvgIpc) is 1.65. The fourth-order valence-corrected chi connectivity index (χ4v) is 0.546. The van der Waals surface area contributed by atoms with Crippen LogP contribution in [0.5, 0.6) is 0 Å². The lowest BCUT2D eigenvalue weighted by Gasteiger charge is -2.07. The molecule has 1 radical (unpaired) electrons. The standard InChI is InChI=1S/C5H10BrO2/c1-3-5(7)8-4(2)6/h4-5H,3H2,1-2H3. The van der Waals surface area contributed by atoms with E-state index >= 15 is 0 Å². The molecule has 0 aliphatic carbocycles. The van der Waals surface area contributed by atoms with Crippen molar-refractivity contribution in [1.82, 2.24) is 0 Å². The molecule has 0 rings (SSSR count). The zero-order valence-corrected chi connectivity index (χ0v) is 6.64. The molecule has 0 aliphatic heterocycles. The molecular weight excluding hydrogens is 172 g/mol. The Labute approximate surface area is 58.0 Å². The monoisotopic (exact) mass is 181 g/mol. The molecule has 0 N–H and O–H groups in total. The highest BCUT2D eigenvalue weighted by Gasteiger charge is 2.04. The van der Waals surface area contributed by atoms with Crippen LogP contribution in [0.2, 0.25) is 0 Å². The van der Waals surface area contributed by atoms with E-state index in [9.17, 15) is 5.11 Å². The van der Waals surface area contributed by atoms with Crippen LogP contribution in [0.4, 0.5) is 0 Å². The van der Waals surface area contributed by atoms with E-state index in [1.807, 2.05) is 0 Å². The molecule has 8 heavy (non-hydrogen) atoms. The van der Waals surface area contributed by atoms with Crippen molar-refractivity contribution in [3.63, 3.8) is 0 Å². The Morgan fingerprint density at radius 1 is 1.75 bits per heavy atom. The zero-order chi connectivity index (χ0) is 6.57. The van der Waals surface area contributed by atoms with Crippen LogP contribution in [0.15, 0.2) is 0 Å². The number of hydrogen-bond acceptors (Lipinski definition) is 1. The highest BCUT2D eigenvalue weighted by atomic mass is 79.9. The third kappa shape index (κ3) is 4.56. The fourth-order valence-electron chi connectivity index (χ4n) is 0.305. The van der Waals surface area contributed by atoms with Crippen molar-refractivity contribution in [1.29, 1.82) is 0 Å². The van der Waals surface area contributed by atoms with Gasteiger partial charge in [0.1, 0.15) is 5.01 Å². The van der Waals surface area contributed by atoms with E-state index < -0.39 is 6.29 Å². The van der Waals surface area contributed by atoms with Gasteiger partial charge in [0, 0.05) is 0 Å². The molecule has 0 fully saturated rings. The van der Waals surface area contributed by atoms with Crippen LogP contribution in [0.3, 0.4) is 0 Å². The minimum atomic E-state index is -0.871. The van der Waals surface area contributed by atoms with E-state index in [0.717, 1.165) is 0 Å². The summed E-state index contributed by atoms with van der Waals surface area (Å²) in [6, 6.07) is 0. The molecule has 0 amide bonds. The fraction of sp³-hybridized carbons (Fsp3) is 1.00. The van der Waals surface area contributed by atoms with Gasteiger partial charge in [0.25, 0.3) is 0 Å². The maximum Gasteiger partial charge on any atom is 0.192 e. The third-order valence-corrected chi connectivity index (χ3v) is 0.888. The summed E-state index contributed by atoms with van der Waals surface area (Å²) < 4.78 is 4.76. The van der Waals surface area contributed by atoms with Crippen LogP contribution in [-0.4, -0.2) is 11.3 Å². The van der Waals surface area contributed by atoms with Crippen molar-refractivity contribution in [3.8, 4) is 0 Å². The Balaban J connectivity index is 3.10. The lowest BCUT2D eigenvalue weighted by Crippen LogP contribution is -2.11. The molecular formula is C5H10BrO2. The molecule has 2 unspecified atom stereocenters. The average molecular weight is 182 g/mol. The van der Waals surface area contributed by atoms with Gasteiger partial charge in [-0.15, -0.1) is 0 Å². The maximum absolute atomic E-state index is 10.5. The molecule has 0 saturated carbocycles. The van der Waals surface area contributed by atoms with Crippen molar-refractivity contribution in [2.24, 2.45) is 0 Å². The molecule has 0 heterocycles. The zero-order valence-electron chi connectivity index (χ0n) is 5.06. The first kappa shape index (κ1) is 8.40. The first-order valence-electron chi connectivity index (χ1n) is 2.62. The number of alkyl halides is 1. The van der Waals surface area contributed by atoms with Crippen molar-refractivity contribution in [3.05, 3.63) is 0 Å². The number of hydrogen-bond donors (Lipinski definition) is 0. The molecule has 0 saturated heterocycles. The molecule has 2 nitrogen and oxygen atoms in total. The summed E-state index contributed by atoms with van der Waals surface area (Å²) in [7, 11) is 0. The lowest BCUT2D eigenvalue weighted by atomic mass is 10.5. The van der Waals surface area contributed by atoms with Gasteiger partial charge >= 0.3 is 0 Å². The van der Waals surface area contributed by atoms with Gasteiger partial charge in [-0.05, 0) is 13.3 Å². The van der Waals surface area contributed by atoms with Crippen LogP contribution in [0.25, 0.3) is 0 Å². The molecule has 0 aromatic carbocycles. The predicted molar refractivity (Wildman–Crippen MR) is 34.2 cm³/mol. The highest BCUT2D eigenvalue weighted by molar-refractivity contribution is 9.09. The molecule has 2 atom stereocenters. The quantitative estimate of drug-likeness (QED) is 0.484. The largest absolute Gasteiger partial charge is 0.335 e. The SMILES string of the molecule is CCC([O])OC(C)Br. The van der Waals surface area contributed by atoms with E-state index in [2.05, 4.69) is 15.9 Å². The second kappa shape index (κ2) is 4.30. The number of halogens is 1. The minimum Gasteiger partial charge on any atom is -0.335 e. The Morgan fingerprint density at radius 2 is 2.25 bits per heavy atom. The first-order chi connectivity index (χ1) is 3.66. The van der Waals surface area contributed by atoms with E-state index in [1.165, 1.54) is 0 Å². The maximum atomic E-state index is 10.5. The number of rotatable bonds is 3. The predicted octanol–water partition coefficient (Wildman–Crippen LogP) is 1.91. The van der Waals surface area contributed by atoms with Crippen LogP contribution >= 0.6 is 15.9 Å². The summed E-state index contributed by atoms with van der Waals surface area (Å²) >= 11 is 3.09. The molecule has 3 heteroatoms. The van der Waals surface area contributed by atoms with Crippen LogP contribution < -0.4 is 0 Å². The Hall–Kier alpha value is 0.400. The molecule has 0 aliphatic rings. The molecule has 0 spiro atoms. The topological polar surface area (TPSA) is 29.1 Å². The van der Waals surface area contributed by atoms with E-state index in [0.29, 0.717) is 6.42 Å². The van der Waals surface area contributed by atoms with Gasteiger partial charge in [0.05, 0.1) is 0 Å². The van der Waals surface area contributed by atoms with Gasteiger partial charge in [-0.25, -0.2) is 5.11 Å². The van der Waals surface area contributed by atoms with Crippen molar-refractivity contribution < 1.29 is 9.84 Å². The minimum absolute atomic E-state index is 0.120.